The first-order valence-electron chi connectivity index (χ1n) is 25.0. The first-order valence-corrected chi connectivity index (χ1v) is 25.0. The average Bonchev–Trinajstić information content (AvgIpc) is 3.90. The fraction of sp³-hybridized carbons (Fsp3) is 0.887. The predicted octanol–water partition coefficient (Wildman–Crippen LogP) is 12.8. The van der Waals surface area contributed by atoms with Gasteiger partial charge in [-0.1, -0.05) is 20.8 Å². The lowest BCUT2D eigenvalue weighted by Crippen LogP contribution is -2.56. The Morgan fingerprint density at radius 2 is 0.745 bits per heavy atom. The van der Waals surface area contributed by atoms with Gasteiger partial charge in [-0.2, -0.15) is 0 Å². The molecule has 16 saturated carbocycles. The lowest BCUT2D eigenvalue weighted by molar-refractivity contribution is -0.0297. The molecule has 1 unspecified atom stereocenters. The molecule has 17 aliphatic rings. The van der Waals surface area contributed by atoms with E-state index in [9.17, 15) is 0 Å². The van der Waals surface area contributed by atoms with Crippen molar-refractivity contribution in [3.63, 3.8) is 0 Å². The van der Waals surface area contributed by atoms with Crippen molar-refractivity contribution in [2.75, 3.05) is 13.2 Å². The van der Waals surface area contributed by atoms with Crippen molar-refractivity contribution in [3.05, 3.63) is 28.3 Å². The van der Waals surface area contributed by atoms with Crippen molar-refractivity contribution in [2.24, 2.45) is 76.4 Å². The van der Waals surface area contributed by atoms with E-state index in [1.54, 1.807) is 77.0 Å². The largest absolute Gasteiger partial charge is 0.490 e. The molecule has 0 aromatic heterocycles. The Labute approximate surface area is 334 Å². The lowest BCUT2D eigenvalue weighted by atomic mass is 9.39. The quantitative estimate of drug-likeness (QED) is 0.260. The predicted molar refractivity (Wildman–Crippen MR) is 219 cm³/mol. The third-order valence-electron chi connectivity index (χ3n) is 21.9. The summed E-state index contributed by atoms with van der Waals surface area (Å²) in [6, 6.07) is 2.97. The Balaban J connectivity index is 1.07. The number of epoxide rings is 1. The Bertz CT molecular complexity index is 1660. The van der Waals surface area contributed by atoms with Crippen molar-refractivity contribution in [1.29, 1.82) is 0 Å². The van der Waals surface area contributed by atoms with Gasteiger partial charge in [0.1, 0.15) is 18.0 Å². The molecule has 16 aliphatic carbocycles. The van der Waals surface area contributed by atoms with Crippen LogP contribution >= 0.6 is 0 Å². The summed E-state index contributed by atoms with van der Waals surface area (Å²) < 4.78 is 14.3. The van der Waals surface area contributed by atoms with Gasteiger partial charge in [0.2, 0.25) is 0 Å². The van der Waals surface area contributed by atoms with Gasteiger partial charge < -0.3 is 9.47 Å². The Hall–Kier alpha value is -1.02. The molecule has 2 nitrogen and oxygen atoms in total. The highest BCUT2D eigenvalue weighted by Crippen LogP contribution is 2.73. The fourth-order valence-electron chi connectivity index (χ4n) is 21.5. The zero-order valence-corrected chi connectivity index (χ0v) is 35.2. The van der Waals surface area contributed by atoms with Gasteiger partial charge in [0.15, 0.2) is 0 Å². The summed E-state index contributed by atoms with van der Waals surface area (Å²) in [5.74, 6) is 13.2. The second-order valence-corrected chi connectivity index (χ2v) is 26.7. The van der Waals surface area contributed by atoms with E-state index in [0.717, 1.165) is 84.2 Å². The summed E-state index contributed by atoms with van der Waals surface area (Å²) in [4.78, 5) is 0. The molecular weight excluding hydrogens is 669 g/mol. The van der Waals surface area contributed by atoms with Crippen LogP contribution in [0.2, 0.25) is 0 Å². The van der Waals surface area contributed by atoms with E-state index in [-0.39, 0.29) is 11.0 Å². The van der Waals surface area contributed by atoms with Crippen LogP contribution in [0.15, 0.2) is 6.07 Å². The maximum absolute atomic E-state index is 7.84. The number of hydrogen-bond donors (Lipinski definition) is 0. The summed E-state index contributed by atoms with van der Waals surface area (Å²) in [6.07, 6.45) is 36.8. The maximum Gasteiger partial charge on any atom is 0.130 e. The van der Waals surface area contributed by atoms with Crippen LogP contribution in [0, 0.1) is 76.4 Å². The van der Waals surface area contributed by atoms with Crippen LogP contribution in [-0.4, -0.2) is 18.8 Å². The minimum atomic E-state index is -0.133. The Kier molecular flexibility index (Phi) is 6.65. The zero-order valence-electron chi connectivity index (χ0n) is 35.2. The first-order chi connectivity index (χ1) is 26.5. The summed E-state index contributed by atoms with van der Waals surface area (Å²) >= 11 is 0. The standard InChI is InChI=1S/C53H74O2/c1-48(2,3)53(30-55-53)29-54-44-16-43(49-17-31-4-32(18-49)6-33(5-31)19-49)45(50-20-34-7-35(21-50)9-36(8-34)22-50)47(52-26-40-13-41(27-52)15-42(14-40)28-52)46(44)51-23-37-10-38(24-51)12-39(11-37)25-51/h16,31-42H,4-15,17-30H2,1-3H3. The monoisotopic (exact) mass is 743 g/mol. The molecule has 1 aromatic rings. The SMILES string of the molecule is CC(C)(C)C1(COc2cc(C34CC5CC(CC(C5)C3)C4)c(C34CC5CC(CC(C5)C3)C4)c(C34CC5CC(CC(C5)C3)C4)c2C23CC4CC(CC(C4)C2)C3)CO1. The second-order valence-electron chi connectivity index (χ2n) is 26.7. The smallest absolute Gasteiger partial charge is 0.130 e. The molecule has 0 spiro atoms. The Morgan fingerprint density at radius 1 is 0.455 bits per heavy atom. The maximum atomic E-state index is 7.84. The molecule has 0 amide bonds. The van der Waals surface area contributed by atoms with E-state index < -0.39 is 0 Å². The van der Waals surface area contributed by atoms with Crippen molar-refractivity contribution in [2.45, 2.75) is 202 Å². The van der Waals surface area contributed by atoms with Crippen LogP contribution in [0.3, 0.4) is 0 Å². The lowest BCUT2D eigenvalue weighted by Gasteiger charge is -2.65. The fourth-order valence-corrected chi connectivity index (χ4v) is 21.5. The van der Waals surface area contributed by atoms with Crippen LogP contribution in [0.25, 0.3) is 0 Å². The summed E-state index contributed by atoms with van der Waals surface area (Å²) in [7, 11) is 0. The zero-order chi connectivity index (χ0) is 36.3. The highest BCUT2D eigenvalue weighted by Gasteiger charge is 2.64. The van der Waals surface area contributed by atoms with Crippen molar-refractivity contribution < 1.29 is 9.47 Å². The van der Waals surface area contributed by atoms with Crippen molar-refractivity contribution in [1.82, 2.24) is 0 Å². The van der Waals surface area contributed by atoms with Gasteiger partial charge in [-0.05, 0) is 270 Å². The van der Waals surface area contributed by atoms with Gasteiger partial charge in [-0.25, -0.2) is 0 Å². The molecule has 55 heavy (non-hydrogen) atoms. The molecule has 1 heterocycles. The minimum absolute atomic E-state index is 0.0957. The number of rotatable bonds is 7. The molecular formula is C53H74O2. The highest BCUT2D eigenvalue weighted by atomic mass is 16.6. The van der Waals surface area contributed by atoms with E-state index in [0.29, 0.717) is 21.7 Å². The molecule has 1 aromatic carbocycles. The molecule has 298 valence electrons. The van der Waals surface area contributed by atoms with Crippen LogP contribution in [0.1, 0.15) is 197 Å². The van der Waals surface area contributed by atoms with Gasteiger partial charge in [-0.15, -0.1) is 0 Å². The molecule has 1 atom stereocenters. The van der Waals surface area contributed by atoms with Gasteiger partial charge >= 0.3 is 0 Å². The van der Waals surface area contributed by atoms with Crippen LogP contribution in [0.5, 0.6) is 5.75 Å². The number of benzene rings is 1. The number of hydrogen-bond acceptors (Lipinski definition) is 2. The third kappa shape index (κ3) is 4.71. The van der Waals surface area contributed by atoms with E-state index in [4.69, 9.17) is 9.47 Å². The highest BCUT2D eigenvalue weighted by molar-refractivity contribution is 5.63. The average molecular weight is 743 g/mol. The van der Waals surface area contributed by atoms with Gasteiger partial charge in [0.25, 0.3) is 0 Å². The topological polar surface area (TPSA) is 21.8 Å². The van der Waals surface area contributed by atoms with E-state index in [1.165, 1.54) is 82.8 Å². The molecule has 2 heteroatoms. The molecule has 17 fully saturated rings. The molecule has 1 aliphatic heterocycles. The summed E-state index contributed by atoms with van der Waals surface area (Å²) in [5, 5.41) is 0. The summed E-state index contributed by atoms with van der Waals surface area (Å²) in [5.41, 5.74) is 9.65. The van der Waals surface area contributed by atoms with Crippen LogP contribution < -0.4 is 4.74 Å². The van der Waals surface area contributed by atoms with E-state index >= 15 is 0 Å². The van der Waals surface area contributed by atoms with Crippen LogP contribution in [-0.2, 0) is 26.4 Å². The third-order valence-corrected chi connectivity index (χ3v) is 21.9. The number of ether oxygens (including phenoxy) is 2. The molecule has 0 radical (unpaired) electrons. The van der Waals surface area contributed by atoms with Gasteiger partial charge in [0.05, 0.1) is 6.61 Å². The van der Waals surface area contributed by atoms with Crippen molar-refractivity contribution in [3.8, 4) is 5.75 Å². The van der Waals surface area contributed by atoms with Crippen LogP contribution in [0.4, 0.5) is 0 Å². The molecule has 1 saturated heterocycles. The van der Waals surface area contributed by atoms with E-state index in [1.807, 2.05) is 11.1 Å². The molecule has 16 bridgehead atoms. The van der Waals surface area contributed by atoms with Gasteiger partial charge in [-0.3, -0.25) is 0 Å². The van der Waals surface area contributed by atoms with E-state index in [2.05, 4.69) is 38.0 Å². The normalized spacial score (nSPS) is 55.5. The second kappa shape index (κ2) is 10.8. The Morgan fingerprint density at radius 3 is 1.05 bits per heavy atom. The summed E-state index contributed by atoms with van der Waals surface area (Å²) in [6.45, 7) is 8.88. The molecule has 18 rings (SSSR count). The van der Waals surface area contributed by atoms with Gasteiger partial charge in [0, 0.05) is 11.0 Å². The van der Waals surface area contributed by atoms with Crippen molar-refractivity contribution >= 4 is 0 Å². The molecule has 0 N–H and O–H groups in total. The first kappa shape index (κ1) is 33.8. The minimum Gasteiger partial charge on any atom is -0.490 e.